The Labute approximate surface area is 145 Å². The molecule has 0 fully saturated rings. The highest BCUT2D eigenvalue weighted by Gasteiger charge is 2.22. The summed E-state index contributed by atoms with van der Waals surface area (Å²) in [4.78, 5) is 35.5. The molecule has 0 aliphatic carbocycles. The van der Waals surface area contributed by atoms with E-state index in [1.807, 2.05) is 13.8 Å². The first-order valence-corrected chi connectivity index (χ1v) is 8.07. The zero-order valence-corrected chi connectivity index (χ0v) is 14.3. The molecule has 0 saturated carbocycles. The maximum Gasteiger partial charge on any atom is 0.243 e. The van der Waals surface area contributed by atoms with Gasteiger partial charge in [0.25, 0.3) is 0 Å². The Morgan fingerprint density at radius 3 is 2.44 bits per heavy atom. The van der Waals surface area contributed by atoms with Gasteiger partial charge >= 0.3 is 0 Å². The van der Waals surface area contributed by atoms with E-state index in [1.54, 1.807) is 6.07 Å². The molecule has 25 heavy (non-hydrogen) atoms. The summed E-state index contributed by atoms with van der Waals surface area (Å²) in [6.45, 7) is 4.27. The number of hydrogen-bond acceptors (Lipinski definition) is 4. The molecule has 4 N–H and O–H groups in total. The molecule has 0 bridgehead atoms. The van der Waals surface area contributed by atoms with E-state index in [4.69, 9.17) is 5.21 Å². The fourth-order valence-corrected chi connectivity index (χ4v) is 2.09. The van der Waals surface area contributed by atoms with Crippen LogP contribution in [0.25, 0.3) is 0 Å². The van der Waals surface area contributed by atoms with Crippen molar-refractivity contribution in [3.8, 4) is 0 Å². The number of carbonyl (C=O) groups excluding carboxylic acids is 3. The van der Waals surface area contributed by atoms with Crippen LogP contribution in [0.1, 0.15) is 32.3 Å². The van der Waals surface area contributed by atoms with Crippen LogP contribution in [0.2, 0.25) is 0 Å². The number of carbonyl (C=O) groups is 3. The van der Waals surface area contributed by atoms with E-state index in [-0.39, 0.29) is 30.7 Å². The second-order valence-corrected chi connectivity index (χ2v) is 6.10. The van der Waals surface area contributed by atoms with Gasteiger partial charge in [-0.3, -0.25) is 19.6 Å². The SMILES string of the molecule is CC(C)CNC(=O)[C@H](CCC(=O)NO)NC(=O)Cc1ccccc1F. The van der Waals surface area contributed by atoms with Gasteiger partial charge in [-0.15, -0.1) is 0 Å². The molecule has 0 aliphatic rings. The number of rotatable bonds is 9. The third-order valence-electron chi connectivity index (χ3n) is 3.43. The molecule has 3 amide bonds. The van der Waals surface area contributed by atoms with Gasteiger partial charge in [0.05, 0.1) is 6.42 Å². The van der Waals surface area contributed by atoms with Crippen LogP contribution in [0.5, 0.6) is 0 Å². The van der Waals surface area contributed by atoms with Crippen LogP contribution in [0.15, 0.2) is 24.3 Å². The van der Waals surface area contributed by atoms with Gasteiger partial charge in [-0.25, -0.2) is 9.87 Å². The number of benzene rings is 1. The molecule has 0 aliphatic heterocycles. The van der Waals surface area contributed by atoms with E-state index in [0.29, 0.717) is 6.54 Å². The highest BCUT2D eigenvalue weighted by molar-refractivity contribution is 5.89. The van der Waals surface area contributed by atoms with Crippen molar-refractivity contribution in [2.24, 2.45) is 5.92 Å². The molecule has 0 radical (unpaired) electrons. The van der Waals surface area contributed by atoms with Gasteiger partial charge in [-0.05, 0) is 24.0 Å². The first-order chi connectivity index (χ1) is 11.8. The van der Waals surface area contributed by atoms with Crippen LogP contribution in [-0.2, 0) is 20.8 Å². The van der Waals surface area contributed by atoms with Crippen molar-refractivity contribution in [3.05, 3.63) is 35.6 Å². The molecular weight excluding hydrogens is 329 g/mol. The minimum atomic E-state index is -0.949. The smallest absolute Gasteiger partial charge is 0.243 e. The Kier molecular flexibility index (Phi) is 8.55. The summed E-state index contributed by atoms with van der Waals surface area (Å²) >= 11 is 0. The molecule has 0 heterocycles. The van der Waals surface area contributed by atoms with Gasteiger partial charge in [0.1, 0.15) is 11.9 Å². The zero-order chi connectivity index (χ0) is 18.8. The lowest BCUT2D eigenvalue weighted by molar-refractivity contribution is -0.131. The van der Waals surface area contributed by atoms with E-state index in [0.717, 1.165) is 0 Å². The third-order valence-corrected chi connectivity index (χ3v) is 3.43. The number of hydroxylamine groups is 1. The molecule has 1 aromatic carbocycles. The molecule has 1 atom stereocenters. The normalized spacial score (nSPS) is 11.7. The summed E-state index contributed by atoms with van der Waals surface area (Å²) < 4.78 is 13.6. The van der Waals surface area contributed by atoms with Gasteiger partial charge in [0.15, 0.2) is 0 Å². The van der Waals surface area contributed by atoms with Gasteiger partial charge in [-0.2, -0.15) is 0 Å². The predicted octanol–water partition coefficient (Wildman–Crippen LogP) is 0.911. The average molecular weight is 353 g/mol. The highest BCUT2D eigenvalue weighted by Crippen LogP contribution is 2.08. The van der Waals surface area contributed by atoms with Crippen molar-refractivity contribution in [1.82, 2.24) is 16.1 Å². The Hall–Kier alpha value is -2.48. The average Bonchev–Trinajstić information content (AvgIpc) is 2.58. The lowest BCUT2D eigenvalue weighted by Crippen LogP contribution is -2.48. The first-order valence-electron chi connectivity index (χ1n) is 8.07. The van der Waals surface area contributed by atoms with Crippen molar-refractivity contribution in [2.45, 2.75) is 39.2 Å². The number of amides is 3. The Morgan fingerprint density at radius 1 is 1.16 bits per heavy atom. The van der Waals surface area contributed by atoms with Crippen LogP contribution >= 0.6 is 0 Å². The molecule has 138 valence electrons. The van der Waals surface area contributed by atoms with Crippen LogP contribution in [0.4, 0.5) is 4.39 Å². The maximum atomic E-state index is 13.6. The summed E-state index contributed by atoms with van der Waals surface area (Å²) in [7, 11) is 0. The molecule has 8 heteroatoms. The summed E-state index contributed by atoms with van der Waals surface area (Å²) in [6.07, 6.45) is -0.345. The van der Waals surface area contributed by atoms with E-state index < -0.39 is 29.6 Å². The second kappa shape index (κ2) is 10.4. The minimum absolute atomic E-state index is 0.0132. The predicted molar refractivity (Wildman–Crippen MR) is 89.0 cm³/mol. The topological polar surface area (TPSA) is 108 Å². The molecule has 1 aromatic rings. The van der Waals surface area contributed by atoms with Crippen molar-refractivity contribution >= 4 is 17.7 Å². The van der Waals surface area contributed by atoms with Crippen LogP contribution in [-0.4, -0.2) is 35.5 Å². The number of nitrogens with one attached hydrogen (secondary N) is 3. The largest absolute Gasteiger partial charge is 0.354 e. The monoisotopic (exact) mass is 353 g/mol. The quantitative estimate of drug-likeness (QED) is 0.391. The zero-order valence-electron chi connectivity index (χ0n) is 14.3. The van der Waals surface area contributed by atoms with E-state index in [1.165, 1.54) is 23.7 Å². The van der Waals surface area contributed by atoms with Crippen molar-refractivity contribution < 1.29 is 24.0 Å². The van der Waals surface area contributed by atoms with Crippen molar-refractivity contribution in [2.75, 3.05) is 6.54 Å². The lowest BCUT2D eigenvalue weighted by Gasteiger charge is -2.19. The Morgan fingerprint density at radius 2 is 1.84 bits per heavy atom. The molecule has 0 spiro atoms. The van der Waals surface area contributed by atoms with Gasteiger partial charge < -0.3 is 10.6 Å². The van der Waals surface area contributed by atoms with E-state index in [2.05, 4.69) is 10.6 Å². The van der Waals surface area contributed by atoms with Gasteiger partial charge in [0, 0.05) is 13.0 Å². The fourth-order valence-electron chi connectivity index (χ4n) is 2.09. The fraction of sp³-hybridized carbons (Fsp3) is 0.471. The second-order valence-electron chi connectivity index (χ2n) is 6.10. The number of hydrogen-bond donors (Lipinski definition) is 4. The minimum Gasteiger partial charge on any atom is -0.354 e. The number of halogens is 1. The van der Waals surface area contributed by atoms with Gasteiger partial charge in [0.2, 0.25) is 17.7 Å². The summed E-state index contributed by atoms with van der Waals surface area (Å²) in [5, 5.41) is 13.7. The molecule has 0 aromatic heterocycles. The summed E-state index contributed by atoms with van der Waals surface area (Å²) in [6, 6.07) is 4.93. The Bertz CT molecular complexity index is 607. The molecule has 1 rings (SSSR count). The summed E-state index contributed by atoms with van der Waals surface area (Å²) in [5.41, 5.74) is 1.69. The Balaban J connectivity index is 2.70. The molecule has 7 nitrogen and oxygen atoms in total. The molecule has 0 saturated heterocycles. The lowest BCUT2D eigenvalue weighted by atomic mass is 10.1. The molecular formula is C17H24FN3O4. The summed E-state index contributed by atoms with van der Waals surface area (Å²) in [5.74, 6) is -1.90. The molecule has 0 unspecified atom stereocenters. The van der Waals surface area contributed by atoms with E-state index in [9.17, 15) is 18.8 Å². The van der Waals surface area contributed by atoms with Crippen molar-refractivity contribution in [3.63, 3.8) is 0 Å². The van der Waals surface area contributed by atoms with Gasteiger partial charge in [-0.1, -0.05) is 32.0 Å². The van der Waals surface area contributed by atoms with Crippen LogP contribution in [0, 0.1) is 11.7 Å². The van der Waals surface area contributed by atoms with Crippen LogP contribution in [0.3, 0.4) is 0 Å². The third kappa shape index (κ3) is 7.75. The van der Waals surface area contributed by atoms with Crippen molar-refractivity contribution in [1.29, 1.82) is 0 Å². The van der Waals surface area contributed by atoms with Crippen LogP contribution < -0.4 is 16.1 Å². The highest BCUT2D eigenvalue weighted by atomic mass is 19.1. The first kappa shape index (κ1) is 20.6. The van der Waals surface area contributed by atoms with E-state index >= 15 is 0 Å². The standard InChI is InChI=1S/C17H24FN3O4/c1-11(2)10-19-17(24)14(7-8-15(22)21-25)20-16(23)9-12-5-3-4-6-13(12)18/h3-6,11,14,25H,7-10H2,1-2H3,(H,19,24)(H,20,23)(H,21,22)/t14-/m0/s1. The maximum absolute atomic E-state index is 13.6.